The molecule has 0 aliphatic heterocycles. The second-order valence-corrected chi connectivity index (χ2v) is 17.5. The third kappa shape index (κ3) is 5.59. The van der Waals surface area contributed by atoms with E-state index in [4.69, 9.17) is 0 Å². The van der Waals surface area contributed by atoms with Crippen LogP contribution in [0.25, 0.3) is 16.7 Å². The standard InChI is InChI=1S/C13H9.C13H13.C11H14.2ClH.Zr/c1-3-7-12-10(5-1)9-11-6-2-4-8-13(11)12;1-10-8-11(2)13(9-10)12-6-4-3-5-7-12;1-9-5-7-10(8-6-9)11(2,3)4;;;/h1-9H;3-7,9-10H,1-2H3;1,5-8H,2-4H3;2*1H;/q;;;;;+2/p-2. The number of rotatable bonds is 4. The van der Waals surface area contributed by atoms with Crippen molar-refractivity contribution < 1.29 is 46.1 Å². The van der Waals surface area contributed by atoms with Crippen LogP contribution in [-0.4, -0.2) is 3.71 Å². The maximum absolute atomic E-state index is 2.75. The third-order valence-electron chi connectivity index (χ3n) is 8.32. The van der Waals surface area contributed by atoms with Gasteiger partial charge in [0.05, 0.1) is 0 Å². The van der Waals surface area contributed by atoms with Gasteiger partial charge in [-0.05, 0) is 0 Å². The summed E-state index contributed by atoms with van der Waals surface area (Å²) in [4.78, 5) is 0. The molecule has 0 aromatic heterocycles. The van der Waals surface area contributed by atoms with Gasteiger partial charge >= 0.3 is 237 Å². The van der Waals surface area contributed by atoms with E-state index >= 15 is 0 Å². The van der Waals surface area contributed by atoms with Gasteiger partial charge in [0.25, 0.3) is 0 Å². The zero-order valence-corrected chi connectivity index (χ0v) is 27.9. The zero-order valence-electron chi connectivity index (χ0n) is 23.9. The molecule has 4 aromatic rings. The molecule has 0 amide bonds. The zero-order chi connectivity index (χ0) is 26.4. The molecule has 4 aromatic carbocycles. The minimum atomic E-state index is -2.48. The molecule has 0 saturated heterocycles. The fourth-order valence-electron chi connectivity index (χ4n) is 6.42. The van der Waals surface area contributed by atoms with Crippen molar-refractivity contribution in [2.24, 2.45) is 5.92 Å². The smallest absolute Gasteiger partial charge is 1.00 e. The van der Waals surface area contributed by atoms with Crippen LogP contribution in [-0.2, 0) is 26.7 Å². The molecule has 0 saturated carbocycles. The number of fused-ring (bicyclic) bond motifs is 3. The molecule has 3 heteroatoms. The largest absolute Gasteiger partial charge is 1.00 e. The molecule has 0 heterocycles. The van der Waals surface area contributed by atoms with Gasteiger partial charge in [-0.2, -0.15) is 0 Å². The second kappa shape index (κ2) is 12.3. The van der Waals surface area contributed by atoms with E-state index in [2.05, 4.69) is 148 Å². The van der Waals surface area contributed by atoms with Crippen molar-refractivity contribution >= 4 is 9.28 Å². The first-order valence-electron chi connectivity index (χ1n) is 13.8. The summed E-state index contributed by atoms with van der Waals surface area (Å²) in [7, 11) is 0. The third-order valence-corrected chi connectivity index (χ3v) is 16.5. The monoisotopic (exact) mass is 640 g/mol. The van der Waals surface area contributed by atoms with E-state index in [-0.39, 0.29) is 30.2 Å². The summed E-state index contributed by atoms with van der Waals surface area (Å²) in [6.45, 7) is 11.7. The molecule has 2 aliphatic rings. The first-order valence-corrected chi connectivity index (χ1v) is 17.9. The first-order chi connectivity index (χ1) is 18.3. The van der Waals surface area contributed by atoms with Crippen LogP contribution in [0.4, 0.5) is 0 Å². The summed E-state index contributed by atoms with van der Waals surface area (Å²) < 4.78 is 4.97. The van der Waals surface area contributed by atoms with Gasteiger partial charge in [-0.15, -0.1) is 0 Å². The van der Waals surface area contributed by atoms with Crippen LogP contribution in [0.3, 0.4) is 0 Å². The molecule has 1 atom stereocenters. The fourth-order valence-corrected chi connectivity index (χ4v) is 15.1. The molecule has 1 unspecified atom stereocenters. The first kappa shape index (κ1) is 30.6. The predicted molar refractivity (Wildman–Crippen MR) is 160 cm³/mol. The summed E-state index contributed by atoms with van der Waals surface area (Å²) in [5, 5.41) is 0. The van der Waals surface area contributed by atoms with Crippen molar-refractivity contribution in [3.8, 4) is 11.1 Å². The number of halogens is 2. The predicted octanol–water partition coefficient (Wildman–Crippen LogP) is 3.54. The minimum Gasteiger partial charge on any atom is -1.00 e. The van der Waals surface area contributed by atoms with Gasteiger partial charge in [-0.25, -0.2) is 0 Å². The van der Waals surface area contributed by atoms with Crippen LogP contribution in [0.5, 0.6) is 0 Å². The van der Waals surface area contributed by atoms with E-state index in [1.807, 2.05) is 0 Å². The molecule has 202 valence electrons. The van der Waals surface area contributed by atoms with E-state index in [9.17, 15) is 0 Å². The Labute approximate surface area is 260 Å². The van der Waals surface area contributed by atoms with Crippen molar-refractivity contribution in [1.82, 2.24) is 0 Å². The summed E-state index contributed by atoms with van der Waals surface area (Å²) in [6.07, 6.45) is 2.53. The Hall–Kier alpha value is -2.31. The topological polar surface area (TPSA) is 0 Å². The Morgan fingerprint density at radius 1 is 0.675 bits per heavy atom. The van der Waals surface area contributed by atoms with Gasteiger partial charge in [-0.1, -0.05) is 0 Å². The number of benzene rings is 4. The van der Waals surface area contributed by atoms with Crippen LogP contribution < -0.4 is 24.8 Å². The summed E-state index contributed by atoms with van der Waals surface area (Å²) in [5.74, 6) is 0.463. The maximum Gasteiger partial charge on any atom is -1.00 e. The van der Waals surface area contributed by atoms with E-state index < -0.39 is 21.3 Å². The molecule has 0 spiro atoms. The molecule has 0 bridgehead atoms. The number of hydrogen-bond donors (Lipinski definition) is 0. The van der Waals surface area contributed by atoms with Crippen LogP contribution in [0.1, 0.15) is 66.1 Å². The van der Waals surface area contributed by atoms with Crippen LogP contribution in [0, 0.1) is 5.92 Å². The molecule has 40 heavy (non-hydrogen) atoms. The van der Waals surface area contributed by atoms with Crippen LogP contribution in [0.2, 0.25) is 0 Å². The van der Waals surface area contributed by atoms with Gasteiger partial charge in [0.15, 0.2) is 0 Å². The van der Waals surface area contributed by atoms with Gasteiger partial charge in [0.2, 0.25) is 0 Å². The molecule has 0 nitrogen and oxygen atoms in total. The molecule has 0 N–H and O–H groups in total. The average Bonchev–Trinajstić information content (AvgIpc) is 3.41. The number of allylic oxidation sites excluding steroid dienone is 4. The molecular formula is C37H36Cl2Zr. The van der Waals surface area contributed by atoms with Crippen LogP contribution in [0.15, 0.2) is 118 Å². The Bertz CT molecular complexity index is 1560. The average molecular weight is 643 g/mol. The Morgan fingerprint density at radius 2 is 1.20 bits per heavy atom. The number of hydrogen-bond acceptors (Lipinski definition) is 0. The van der Waals surface area contributed by atoms with Gasteiger partial charge in [-0.3, -0.25) is 0 Å². The van der Waals surface area contributed by atoms with Crippen molar-refractivity contribution in [2.45, 2.75) is 43.7 Å². The fraction of sp³-hybridized carbons (Fsp3) is 0.216. The quantitative estimate of drug-likeness (QED) is 0.320. The van der Waals surface area contributed by atoms with Crippen molar-refractivity contribution in [1.29, 1.82) is 0 Å². The van der Waals surface area contributed by atoms with E-state index in [1.54, 1.807) is 3.28 Å². The Kier molecular flexibility index (Phi) is 9.41. The van der Waals surface area contributed by atoms with Gasteiger partial charge < -0.3 is 24.8 Å². The minimum absolute atomic E-state index is 0. The molecule has 2 aliphatic carbocycles. The van der Waals surface area contributed by atoms with Gasteiger partial charge in [0, 0.05) is 0 Å². The SMILES string of the molecule is CC1=[C](/[Zr+2](=[CH]/c2ccc(C(C)(C)C)cc2)[CH]2c3ccccc3-c3ccccc32)C(C)C=C1c1ccccc1.[Cl-].[Cl-]. The molecular weight excluding hydrogens is 607 g/mol. The Balaban J connectivity index is 0.00000185. The van der Waals surface area contributed by atoms with E-state index in [0.29, 0.717) is 9.54 Å². The summed E-state index contributed by atoms with van der Waals surface area (Å²) >= 11 is -2.48. The van der Waals surface area contributed by atoms with Gasteiger partial charge in [0.1, 0.15) is 0 Å². The van der Waals surface area contributed by atoms with E-state index in [0.717, 1.165) is 0 Å². The van der Waals surface area contributed by atoms with Crippen molar-refractivity contribution in [2.75, 3.05) is 0 Å². The summed E-state index contributed by atoms with van der Waals surface area (Å²) in [5.41, 5.74) is 13.2. The van der Waals surface area contributed by atoms with Crippen molar-refractivity contribution in [3.63, 3.8) is 0 Å². The van der Waals surface area contributed by atoms with Crippen molar-refractivity contribution in [3.05, 3.63) is 146 Å². The maximum atomic E-state index is 2.75. The normalized spacial score (nSPS) is 16.1. The molecule has 6 rings (SSSR count). The van der Waals surface area contributed by atoms with E-state index in [1.165, 1.54) is 50.1 Å². The molecule has 0 radical (unpaired) electrons. The van der Waals surface area contributed by atoms with Crippen LogP contribution >= 0.6 is 0 Å². The summed E-state index contributed by atoms with van der Waals surface area (Å²) in [6, 6.07) is 38.8. The molecule has 0 fully saturated rings. The Morgan fingerprint density at radius 3 is 1.75 bits per heavy atom. The second-order valence-electron chi connectivity index (χ2n) is 11.9.